The van der Waals surface area contributed by atoms with E-state index in [0.717, 1.165) is 29.4 Å². The summed E-state index contributed by atoms with van der Waals surface area (Å²) >= 11 is 0. The first-order valence-electron chi connectivity index (χ1n) is 9.60. The van der Waals surface area contributed by atoms with E-state index in [1.54, 1.807) is 0 Å². The number of hydrogen-bond donors (Lipinski definition) is 2. The molecular weight excluding hydrogens is 328 g/mol. The fourth-order valence-electron chi connectivity index (χ4n) is 4.31. The van der Waals surface area contributed by atoms with Crippen LogP contribution < -0.4 is 0 Å². The highest BCUT2D eigenvalue weighted by atomic mass is 16.3. The van der Waals surface area contributed by atoms with Crippen LogP contribution in [0.5, 0.6) is 0 Å². The molecule has 1 saturated carbocycles. The van der Waals surface area contributed by atoms with Crippen LogP contribution in [0.1, 0.15) is 31.4 Å². The van der Waals surface area contributed by atoms with Gasteiger partial charge in [-0.05, 0) is 44.2 Å². The molecule has 0 unspecified atom stereocenters. The Morgan fingerprint density at radius 1 is 1.04 bits per heavy atom. The monoisotopic (exact) mass is 354 g/mol. The fourth-order valence-corrected chi connectivity index (χ4v) is 4.31. The number of benzene rings is 1. The topological polar surface area (TPSA) is 73.7 Å². The van der Waals surface area contributed by atoms with Crippen molar-refractivity contribution >= 4 is 16.8 Å². The van der Waals surface area contributed by atoms with Crippen molar-refractivity contribution in [1.29, 1.82) is 0 Å². The van der Waals surface area contributed by atoms with Crippen molar-refractivity contribution in [1.82, 2.24) is 9.88 Å². The number of likely N-dealkylation sites (tertiary alicyclic amines) is 1. The molecule has 1 aliphatic heterocycles. The Hall–Kier alpha value is -1.98. The van der Waals surface area contributed by atoms with Crippen LogP contribution in [-0.4, -0.2) is 51.3 Å². The third-order valence-electron chi connectivity index (χ3n) is 5.89. The second-order valence-corrected chi connectivity index (χ2v) is 7.78. The predicted molar refractivity (Wildman–Crippen MR) is 99.5 cm³/mol. The highest BCUT2D eigenvalue weighted by Gasteiger charge is 2.37. The normalized spacial score (nSPS) is 29.2. The number of para-hydroxylation sites is 1. The molecule has 1 aromatic heterocycles. The molecule has 1 aliphatic carbocycles. The van der Waals surface area contributed by atoms with E-state index in [9.17, 15) is 15.0 Å². The number of aromatic nitrogens is 1. The number of nitrogens with zero attached hydrogens (tertiary/aromatic N) is 2. The Bertz CT molecular complexity index is 786. The van der Waals surface area contributed by atoms with Crippen LogP contribution in [0.25, 0.3) is 10.9 Å². The zero-order chi connectivity index (χ0) is 18.1. The lowest BCUT2D eigenvalue weighted by Crippen LogP contribution is -2.37. The van der Waals surface area contributed by atoms with Crippen molar-refractivity contribution in [2.24, 2.45) is 11.8 Å². The first-order chi connectivity index (χ1) is 12.6. The van der Waals surface area contributed by atoms with E-state index in [2.05, 4.69) is 6.07 Å². The summed E-state index contributed by atoms with van der Waals surface area (Å²) in [5.74, 6) is 0.176. The number of carbonyl (C=O) groups is 1. The summed E-state index contributed by atoms with van der Waals surface area (Å²) in [4.78, 5) is 19.3. The van der Waals surface area contributed by atoms with Gasteiger partial charge in [0.15, 0.2) is 0 Å². The SMILES string of the molecule is O=C(C1CCC(O)CC1)N1C[C@@H](Cc2ccc3ccccc3n2)[C@H](O)C1. The van der Waals surface area contributed by atoms with Crippen LogP contribution in [0.15, 0.2) is 36.4 Å². The summed E-state index contributed by atoms with van der Waals surface area (Å²) in [5.41, 5.74) is 1.93. The third kappa shape index (κ3) is 3.60. The average molecular weight is 354 g/mol. The van der Waals surface area contributed by atoms with Crippen LogP contribution in [0.3, 0.4) is 0 Å². The van der Waals surface area contributed by atoms with Crippen molar-refractivity contribution in [3.63, 3.8) is 0 Å². The first kappa shape index (κ1) is 17.4. The minimum absolute atomic E-state index is 0.00291. The number of aliphatic hydroxyl groups excluding tert-OH is 2. The molecule has 138 valence electrons. The van der Waals surface area contributed by atoms with Crippen molar-refractivity contribution < 1.29 is 15.0 Å². The van der Waals surface area contributed by atoms with Gasteiger partial charge in [0.25, 0.3) is 0 Å². The molecule has 0 bridgehead atoms. The Kier molecular flexibility index (Phi) is 4.92. The summed E-state index contributed by atoms with van der Waals surface area (Å²) < 4.78 is 0. The van der Waals surface area contributed by atoms with Gasteiger partial charge in [0.2, 0.25) is 5.91 Å². The molecule has 2 fully saturated rings. The van der Waals surface area contributed by atoms with Crippen molar-refractivity contribution in [2.75, 3.05) is 13.1 Å². The first-order valence-corrected chi connectivity index (χ1v) is 9.60. The largest absolute Gasteiger partial charge is 0.393 e. The van der Waals surface area contributed by atoms with E-state index in [1.165, 1.54) is 0 Å². The van der Waals surface area contributed by atoms with E-state index in [0.29, 0.717) is 32.4 Å². The van der Waals surface area contributed by atoms with Crippen molar-refractivity contribution in [2.45, 2.75) is 44.3 Å². The molecule has 5 heteroatoms. The maximum atomic E-state index is 12.7. The van der Waals surface area contributed by atoms with Crippen LogP contribution in [0, 0.1) is 11.8 Å². The van der Waals surface area contributed by atoms with Crippen molar-refractivity contribution in [3.8, 4) is 0 Å². The standard InChI is InChI=1S/C21H26N2O3/c24-18-9-6-15(7-10-18)21(26)23-12-16(20(25)13-23)11-17-8-5-14-3-1-2-4-19(14)22-17/h1-5,8,15-16,18,20,24-25H,6-7,9-13H2/t15?,16-,18?,20-/m1/s1. The van der Waals surface area contributed by atoms with E-state index < -0.39 is 6.10 Å². The second kappa shape index (κ2) is 7.33. The number of rotatable bonds is 3. The van der Waals surface area contributed by atoms with E-state index in [1.807, 2.05) is 35.2 Å². The molecule has 1 saturated heterocycles. The maximum absolute atomic E-state index is 12.7. The zero-order valence-corrected chi connectivity index (χ0v) is 14.9. The van der Waals surface area contributed by atoms with Gasteiger partial charge in [0, 0.05) is 36.0 Å². The number of carbonyl (C=O) groups excluding carboxylic acids is 1. The van der Waals surface area contributed by atoms with Gasteiger partial charge in [-0.25, -0.2) is 0 Å². The molecule has 4 rings (SSSR count). The molecule has 0 spiro atoms. The van der Waals surface area contributed by atoms with Gasteiger partial charge in [-0.3, -0.25) is 9.78 Å². The summed E-state index contributed by atoms with van der Waals surface area (Å²) in [5, 5.41) is 21.2. The smallest absolute Gasteiger partial charge is 0.225 e. The van der Waals surface area contributed by atoms with E-state index >= 15 is 0 Å². The molecule has 2 heterocycles. The van der Waals surface area contributed by atoms with E-state index in [4.69, 9.17) is 4.98 Å². The molecule has 2 aromatic rings. The van der Waals surface area contributed by atoms with Gasteiger partial charge < -0.3 is 15.1 Å². The quantitative estimate of drug-likeness (QED) is 0.886. The molecule has 26 heavy (non-hydrogen) atoms. The van der Waals surface area contributed by atoms with Gasteiger partial charge in [-0.2, -0.15) is 0 Å². The third-order valence-corrected chi connectivity index (χ3v) is 5.89. The predicted octanol–water partition coefficient (Wildman–Crippen LogP) is 2.15. The number of pyridine rings is 1. The Morgan fingerprint density at radius 3 is 2.62 bits per heavy atom. The van der Waals surface area contributed by atoms with Gasteiger partial charge in [0.1, 0.15) is 0 Å². The Morgan fingerprint density at radius 2 is 1.81 bits per heavy atom. The lowest BCUT2D eigenvalue weighted by Gasteiger charge is -2.28. The summed E-state index contributed by atoms with van der Waals surface area (Å²) in [6, 6.07) is 12.1. The van der Waals surface area contributed by atoms with Crippen LogP contribution in [-0.2, 0) is 11.2 Å². The van der Waals surface area contributed by atoms with Gasteiger partial charge in [-0.1, -0.05) is 24.3 Å². The van der Waals surface area contributed by atoms with Gasteiger partial charge >= 0.3 is 0 Å². The summed E-state index contributed by atoms with van der Waals surface area (Å²) in [7, 11) is 0. The molecule has 1 amide bonds. The highest BCUT2D eigenvalue weighted by molar-refractivity contribution is 5.79. The second-order valence-electron chi connectivity index (χ2n) is 7.78. The molecule has 5 nitrogen and oxygen atoms in total. The van der Waals surface area contributed by atoms with Gasteiger partial charge in [-0.15, -0.1) is 0 Å². The lowest BCUT2D eigenvalue weighted by atomic mass is 9.86. The highest BCUT2D eigenvalue weighted by Crippen LogP contribution is 2.29. The van der Waals surface area contributed by atoms with Crippen molar-refractivity contribution in [3.05, 3.63) is 42.1 Å². The van der Waals surface area contributed by atoms with Crippen LogP contribution in [0.2, 0.25) is 0 Å². The number of aliphatic hydroxyl groups is 2. The summed E-state index contributed by atoms with van der Waals surface area (Å²) in [6.45, 7) is 1.00. The van der Waals surface area contributed by atoms with Gasteiger partial charge in [0.05, 0.1) is 17.7 Å². The summed E-state index contributed by atoms with van der Waals surface area (Å²) in [6.07, 6.45) is 2.84. The number of amides is 1. The van der Waals surface area contributed by atoms with Crippen LogP contribution >= 0.6 is 0 Å². The number of β-amino-alcohol motifs (C(OH)–C–C–N with tert-alkyl or cyclic N) is 1. The molecule has 1 aromatic carbocycles. The Balaban J connectivity index is 1.40. The minimum atomic E-state index is -0.499. The molecular formula is C21H26N2O3. The van der Waals surface area contributed by atoms with E-state index in [-0.39, 0.29) is 23.8 Å². The number of hydrogen-bond acceptors (Lipinski definition) is 4. The minimum Gasteiger partial charge on any atom is -0.393 e. The molecule has 2 atom stereocenters. The molecule has 0 radical (unpaired) electrons. The Labute approximate surface area is 153 Å². The average Bonchev–Trinajstić information content (AvgIpc) is 3.02. The fraction of sp³-hybridized carbons (Fsp3) is 0.524. The molecule has 2 aliphatic rings. The molecule has 2 N–H and O–H groups in total. The lowest BCUT2D eigenvalue weighted by molar-refractivity contribution is -0.136. The zero-order valence-electron chi connectivity index (χ0n) is 14.9. The maximum Gasteiger partial charge on any atom is 0.225 e. The van der Waals surface area contributed by atoms with Crippen LogP contribution in [0.4, 0.5) is 0 Å². The number of fused-ring (bicyclic) bond motifs is 1.